The number of carbonyl (C=O) groups excluding carboxylic acids is 2. The van der Waals surface area contributed by atoms with Crippen molar-refractivity contribution in [2.24, 2.45) is 0 Å². The molecule has 4 heterocycles. The third-order valence-corrected chi connectivity index (χ3v) is 7.00. The van der Waals surface area contributed by atoms with Crippen molar-refractivity contribution in [2.45, 2.75) is 57.7 Å². The fourth-order valence-corrected chi connectivity index (χ4v) is 4.71. The topological polar surface area (TPSA) is 126 Å². The summed E-state index contributed by atoms with van der Waals surface area (Å²) in [6.45, 7) is 10.2. The Morgan fingerprint density at radius 3 is 2.74 bits per heavy atom. The number of aromatic nitrogens is 4. The molecule has 0 aliphatic carbocycles. The standard InChI is InChI=1S/C27H34N8O3/c1-4-23(36)34-11-8-22(34)25(37)30-20-7-5-6-18(14-20)15-28-27-33-26(31-19-9-12-38-13-10-19)32-24-21(17(2)3)16-29-35(24)27/h4-7,14,16-17,19,22H,1,8-13,15H2,2-3H3,(H,30,37)(H2,28,31,32,33). The summed E-state index contributed by atoms with van der Waals surface area (Å²) in [5.74, 6) is 0.985. The molecule has 0 saturated carbocycles. The lowest BCUT2D eigenvalue weighted by atomic mass is 10.0. The quantitative estimate of drug-likeness (QED) is 0.369. The minimum Gasteiger partial charge on any atom is -0.381 e. The van der Waals surface area contributed by atoms with Gasteiger partial charge in [0.25, 0.3) is 0 Å². The first-order valence-electron chi connectivity index (χ1n) is 13.1. The number of carbonyl (C=O) groups is 2. The van der Waals surface area contributed by atoms with Crippen LogP contribution < -0.4 is 16.0 Å². The third-order valence-electron chi connectivity index (χ3n) is 7.00. The third kappa shape index (κ3) is 5.47. The summed E-state index contributed by atoms with van der Waals surface area (Å²) in [4.78, 5) is 35.7. The summed E-state index contributed by atoms with van der Waals surface area (Å²) >= 11 is 0. The molecule has 1 aromatic carbocycles. The summed E-state index contributed by atoms with van der Waals surface area (Å²) in [6.07, 6.45) is 5.54. The second-order valence-electron chi connectivity index (χ2n) is 9.98. The molecule has 38 heavy (non-hydrogen) atoms. The molecule has 3 aromatic rings. The summed E-state index contributed by atoms with van der Waals surface area (Å²) in [7, 11) is 0. The van der Waals surface area contributed by atoms with Crippen LogP contribution in [0.4, 0.5) is 17.6 Å². The Labute approximate surface area is 221 Å². The molecule has 0 radical (unpaired) electrons. The van der Waals surface area contributed by atoms with Crippen molar-refractivity contribution in [2.75, 3.05) is 35.7 Å². The maximum absolute atomic E-state index is 12.7. The highest BCUT2D eigenvalue weighted by atomic mass is 16.5. The molecule has 5 rings (SSSR count). The summed E-state index contributed by atoms with van der Waals surface area (Å²) in [6, 6.07) is 7.40. The second-order valence-corrected chi connectivity index (χ2v) is 9.98. The number of nitrogens with zero attached hydrogens (tertiary/aromatic N) is 5. The van der Waals surface area contributed by atoms with E-state index >= 15 is 0 Å². The number of likely N-dealkylation sites (tertiary alicyclic amines) is 1. The first kappa shape index (κ1) is 25.7. The molecule has 11 heteroatoms. The molecular formula is C27H34N8O3. The predicted molar refractivity (Wildman–Crippen MR) is 145 cm³/mol. The number of ether oxygens (including phenoxy) is 1. The van der Waals surface area contributed by atoms with E-state index in [1.165, 1.54) is 11.0 Å². The van der Waals surface area contributed by atoms with E-state index in [0.29, 0.717) is 37.1 Å². The molecule has 2 fully saturated rings. The Bertz CT molecular complexity index is 1330. The second kappa shape index (κ2) is 11.2. The highest BCUT2D eigenvalue weighted by Gasteiger charge is 2.36. The van der Waals surface area contributed by atoms with E-state index in [9.17, 15) is 9.59 Å². The molecule has 2 aromatic heterocycles. The lowest BCUT2D eigenvalue weighted by Gasteiger charge is -2.39. The van der Waals surface area contributed by atoms with Crippen LogP contribution in [-0.4, -0.2) is 68.1 Å². The average molecular weight is 519 g/mol. The number of hydrogen-bond acceptors (Lipinski definition) is 8. The van der Waals surface area contributed by atoms with Crippen molar-refractivity contribution < 1.29 is 14.3 Å². The van der Waals surface area contributed by atoms with Crippen molar-refractivity contribution in [3.8, 4) is 0 Å². The minimum absolute atomic E-state index is 0.198. The molecule has 11 nitrogen and oxygen atoms in total. The van der Waals surface area contributed by atoms with Crippen LogP contribution in [0.5, 0.6) is 0 Å². The van der Waals surface area contributed by atoms with Crippen LogP contribution in [0, 0.1) is 0 Å². The Kier molecular flexibility index (Phi) is 7.54. The van der Waals surface area contributed by atoms with Crippen LogP contribution >= 0.6 is 0 Å². The van der Waals surface area contributed by atoms with Crippen molar-refractivity contribution >= 4 is 35.0 Å². The molecule has 0 spiro atoms. The van der Waals surface area contributed by atoms with Crippen molar-refractivity contribution in [3.05, 3.63) is 54.2 Å². The largest absolute Gasteiger partial charge is 0.381 e. The Hall–Kier alpha value is -3.99. The van der Waals surface area contributed by atoms with Crippen LogP contribution in [-0.2, 0) is 20.9 Å². The summed E-state index contributed by atoms with van der Waals surface area (Å²) in [5, 5.41) is 14.3. The zero-order chi connectivity index (χ0) is 26.6. The first-order chi connectivity index (χ1) is 18.4. The molecule has 3 N–H and O–H groups in total. The van der Waals surface area contributed by atoms with Gasteiger partial charge in [0.1, 0.15) is 6.04 Å². The predicted octanol–water partition coefficient (Wildman–Crippen LogP) is 3.18. The van der Waals surface area contributed by atoms with Crippen LogP contribution in [0.2, 0.25) is 0 Å². The zero-order valence-electron chi connectivity index (χ0n) is 21.8. The number of hydrogen-bond donors (Lipinski definition) is 3. The van der Waals surface area contributed by atoms with E-state index in [0.717, 1.165) is 42.8 Å². The highest BCUT2D eigenvalue weighted by Crippen LogP contribution is 2.24. The van der Waals surface area contributed by atoms with Gasteiger partial charge < -0.3 is 25.6 Å². The van der Waals surface area contributed by atoms with E-state index in [1.807, 2.05) is 30.5 Å². The highest BCUT2D eigenvalue weighted by molar-refractivity contribution is 6.00. The fourth-order valence-electron chi connectivity index (χ4n) is 4.71. The lowest BCUT2D eigenvalue weighted by molar-refractivity contribution is -0.141. The van der Waals surface area contributed by atoms with Gasteiger partial charge in [0.2, 0.25) is 23.7 Å². The molecular weight excluding hydrogens is 484 g/mol. The number of rotatable bonds is 9. The van der Waals surface area contributed by atoms with Gasteiger partial charge >= 0.3 is 0 Å². The fraction of sp³-hybridized carbons (Fsp3) is 0.444. The Morgan fingerprint density at radius 2 is 2.03 bits per heavy atom. The van der Waals surface area contributed by atoms with Gasteiger partial charge in [0, 0.05) is 43.6 Å². The van der Waals surface area contributed by atoms with Crippen molar-refractivity contribution in [1.29, 1.82) is 0 Å². The maximum Gasteiger partial charge on any atom is 0.247 e. The monoisotopic (exact) mass is 518 g/mol. The average Bonchev–Trinajstić information content (AvgIpc) is 3.32. The first-order valence-corrected chi connectivity index (χ1v) is 13.1. The SMILES string of the molecule is C=CC(=O)N1CCC1C(=O)Nc1cccc(CNc2nc(NC3CCOCC3)nc3c(C(C)C)cnn23)c1. The molecule has 1 atom stereocenters. The smallest absolute Gasteiger partial charge is 0.247 e. The number of amides is 2. The van der Waals surface area contributed by atoms with E-state index in [2.05, 4.69) is 41.5 Å². The Balaban J connectivity index is 1.31. The van der Waals surface area contributed by atoms with Crippen LogP contribution in [0.3, 0.4) is 0 Å². The van der Waals surface area contributed by atoms with Gasteiger partial charge in [0.05, 0.1) is 6.20 Å². The molecule has 2 aliphatic heterocycles. The molecule has 0 bridgehead atoms. The minimum atomic E-state index is -0.465. The molecule has 200 valence electrons. The van der Waals surface area contributed by atoms with Gasteiger partial charge in [-0.1, -0.05) is 32.6 Å². The van der Waals surface area contributed by atoms with Gasteiger partial charge in [0.15, 0.2) is 5.65 Å². The number of nitrogens with one attached hydrogen (secondary N) is 3. The maximum atomic E-state index is 12.7. The lowest BCUT2D eigenvalue weighted by Crippen LogP contribution is -2.56. The number of benzene rings is 1. The normalized spacial score (nSPS) is 17.8. The van der Waals surface area contributed by atoms with Crippen molar-refractivity contribution in [1.82, 2.24) is 24.5 Å². The molecule has 2 saturated heterocycles. The van der Waals surface area contributed by atoms with Gasteiger partial charge in [-0.3, -0.25) is 9.59 Å². The molecule has 1 unspecified atom stereocenters. The number of anilines is 3. The van der Waals surface area contributed by atoms with Crippen LogP contribution in [0.25, 0.3) is 5.65 Å². The van der Waals surface area contributed by atoms with Crippen LogP contribution in [0.1, 0.15) is 50.2 Å². The molecule has 2 amide bonds. The van der Waals surface area contributed by atoms with E-state index in [-0.39, 0.29) is 23.8 Å². The van der Waals surface area contributed by atoms with Crippen LogP contribution in [0.15, 0.2) is 43.1 Å². The van der Waals surface area contributed by atoms with E-state index in [1.54, 1.807) is 4.52 Å². The van der Waals surface area contributed by atoms with Gasteiger partial charge in [-0.2, -0.15) is 19.6 Å². The van der Waals surface area contributed by atoms with Gasteiger partial charge in [-0.25, -0.2) is 0 Å². The van der Waals surface area contributed by atoms with Gasteiger partial charge in [-0.05, 0) is 49.0 Å². The molecule has 2 aliphatic rings. The van der Waals surface area contributed by atoms with E-state index in [4.69, 9.17) is 14.7 Å². The summed E-state index contributed by atoms with van der Waals surface area (Å²) < 4.78 is 7.21. The van der Waals surface area contributed by atoms with E-state index < -0.39 is 6.04 Å². The number of fused-ring (bicyclic) bond motifs is 1. The Morgan fingerprint density at radius 1 is 1.21 bits per heavy atom. The zero-order valence-corrected chi connectivity index (χ0v) is 21.8. The summed E-state index contributed by atoms with van der Waals surface area (Å²) in [5.41, 5.74) is 3.45. The van der Waals surface area contributed by atoms with Crippen molar-refractivity contribution in [3.63, 3.8) is 0 Å². The van der Waals surface area contributed by atoms with Gasteiger partial charge in [-0.15, -0.1) is 0 Å².